The largest absolute Gasteiger partial charge is 0.494 e. The third kappa shape index (κ3) is 4.79. The molecule has 0 radical (unpaired) electrons. The van der Waals surface area contributed by atoms with Crippen LogP contribution >= 0.6 is 12.2 Å². The van der Waals surface area contributed by atoms with Gasteiger partial charge >= 0.3 is 0 Å². The lowest BCUT2D eigenvalue weighted by Crippen LogP contribution is -2.08. The second kappa shape index (κ2) is 6.40. The Morgan fingerprint density at radius 3 is 2.53 bits per heavy atom. The van der Waals surface area contributed by atoms with E-state index < -0.39 is 0 Å². The second-order valence-electron chi connectivity index (χ2n) is 3.46. The number of benzene rings is 1. The van der Waals surface area contributed by atoms with Crippen molar-refractivity contribution in [3.05, 3.63) is 29.8 Å². The van der Waals surface area contributed by atoms with Gasteiger partial charge in [0.25, 0.3) is 0 Å². The summed E-state index contributed by atoms with van der Waals surface area (Å²) < 4.78 is 5.49. The van der Waals surface area contributed by atoms with E-state index in [2.05, 4.69) is 19.1 Å². The van der Waals surface area contributed by atoms with E-state index in [0.29, 0.717) is 4.99 Å². The van der Waals surface area contributed by atoms with Gasteiger partial charge in [-0.05, 0) is 30.5 Å². The zero-order valence-electron chi connectivity index (χ0n) is 9.03. The van der Waals surface area contributed by atoms with E-state index in [1.165, 1.54) is 5.56 Å². The Kier molecular flexibility index (Phi) is 5.12. The van der Waals surface area contributed by atoms with Crippen molar-refractivity contribution in [2.24, 2.45) is 5.73 Å². The predicted octanol–water partition coefficient (Wildman–Crippen LogP) is 2.69. The molecule has 0 spiro atoms. The number of nitrogens with two attached hydrogens (primary N) is 1. The van der Waals surface area contributed by atoms with E-state index in [9.17, 15) is 0 Å². The van der Waals surface area contributed by atoms with E-state index in [4.69, 9.17) is 22.7 Å². The number of hydrogen-bond acceptors (Lipinski definition) is 2. The Morgan fingerprint density at radius 1 is 1.33 bits per heavy atom. The average molecular weight is 223 g/mol. The fourth-order valence-electron chi connectivity index (χ4n) is 1.24. The number of aryl methyl sites for hydroxylation is 1. The van der Waals surface area contributed by atoms with Crippen LogP contribution < -0.4 is 10.5 Å². The molecule has 2 N–H and O–H groups in total. The zero-order chi connectivity index (χ0) is 11.1. The van der Waals surface area contributed by atoms with Crippen molar-refractivity contribution in [2.75, 3.05) is 6.61 Å². The first-order valence-corrected chi connectivity index (χ1v) is 5.63. The highest BCUT2D eigenvalue weighted by Gasteiger charge is 1.96. The number of hydrogen-bond donors (Lipinski definition) is 1. The van der Waals surface area contributed by atoms with Crippen LogP contribution in [0.15, 0.2) is 24.3 Å². The fourth-order valence-corrected chi connectivity index (χ4v) is 1.34. The van der Waals surface area contributed by atoms with Crippen LogP contribution in [0.1, 0.15) is 25.3 Å². The quantitative estimate of drug-likeness (QED) is 0.753. The first-order chi connectivity index (χ1) is 7.22. The molecule has 2 nitrogen and oxygen atoms in total. The van der Waals surface area contributed by atoms with Gasteiger partial charge in [-0.25, -0.2) is 0 Å². The summed E-state index contributed by atoms with van der Waals surface area (Å²) in [7, 11) is 0. The van der Waals surface area contributed by atoms with Crippen molar-refractivity contribution >= 4 is 17.2 Å². The highest BCUT2D eigenvalue weighted by molar-refractivity contribution is 7.80. The third-order valence-electron chi connectivity index (χ3n) is 2.06. The van der Waals surface area contributed by atoms with E-state index in [-0.39, 0.29) is 0 Å². The van der Waals surface area contributed by atoms with Gasteiger partial charge in [0.05, 0.1) is 11.6 Å². The average Bonchev–Trinajstić information content (AvgIpc) is 2.25. The van der Waals surface area contributed by atoms with E-state index in [1.54, 1.807) is 0 Å². The Hall–Kier alpha value is -1.09. The molecule has 0 atom stereocenters. The van der Waals surface area contributed by atoms with Crippen molar-refractivity contribution in [1.29, 1.82) is 0 Å². The highest BCUT2D eigenvalue weighted by Crippen LogP contribution is 2.13. The van der Waals surface area contributed by atoms with Crippen molar-refractivity contribution < 1.29 is 4.74 Å². The molecular formula is C12H17NOS. The maximum atomic E-state index is 5.49. The van der Waals surface area contributed by atoms with E-state index >= 15 is 0 Å². The molecule has 0 unspecified atom stereocenters. The van der Waals surface area contributed by atoms with Crippen molar-refractivity contribution in [2.45, 2.75) is 26.2 Å². The van der Waals surface area contributed by atoms with Gasteiger partial charge in [-0.2, -0.15) is 0 Å². The molecule has 0 amide bonds. The van der Waals surface area contributed by atoms with Crippen LogP contribution in [0.3, 0.4) is 0 Å². The fraction of sp³-hybridized carbons (Fsp3) is 0.417. The van der Waals surface area contributed by atoms with Gasteiger partial charge < -0.3 is 10.5 Å². The van der Waals surface area contributed by atoms with E-state index in [1.807, 2.05) is 12.1 Å². The molecule has 1 rings (SSSR count). The van der Waals surface area contributed by atoms with Crippen LogP contribution in [0.25, 0.3) is 0 Å². The summed E-state index contributed by atoms with van der Waals surface area (Å²) in [6, 6.07) is 8.10. The maximum Gasteiger partial charge on any atom is 0.119 e. The smallest absolute Gasteiger partial charge is 0.119 e. The number of thiocarbonyl (C=S) groups is 1. The maximum absolute atomic E-state index is 5.49. The molecule has 0 aliphatic carbocycles. The molecule has 0 fully saturated rings. The minimum Gasteiger partial charge on any atom is -0.494 e. The minimum absolute atomic E-state index is 0.571. The molecule has 0 saturated carbocycles. The molecule has 0 saturated heterocycles. The van der Waals surface area contributed by atoms with Crippen LogP contribution in [0.4, 0.5) is 0 Å². The summed E-state index contributed by atoms with van der Waals surface area (Å²) in [6.45, 7) is 2.86. The standard InChI is InChI=1S/C12H17NOS/c1-2-9-14-11-6-3-10(4-7-11)5-8-12(13)15/h3-4,6-7H,2,5,8-9H2,1H3,(H2,13,15). The Bertz CT molecular complexity index is 308. The Morgan fingerprint density at radius 2 is 2.00 bits per heavy atom. The molecule has 0 bridgehead atoms. The van der Waals surface area contributed by atoms with Crippen LogP contribution in [0.2, 0.25) is 0 Å². The lowest BCUT2D eigenvalue weighted by molar-refractivity contribution is 0.317. The van der Waals surface area contributed by atoms with Gasteiger partial charge in [0.1, 0.15) is 5.75 Å². The van der Waals surface area contributed by atoms with Crippen LogP contribution in [0, 0.1) is 0 Å². The van der Waals surface area contributed by atoms with E-state index in [0.717, 1.165) is 31.6 Å². The lowest BCUT2D eigenvalue weighted by Gasteiger charge is -2.05. The summed E-state index contributed by atoms with van der Waals surface area (Å²) in [5, 5.41) is 0. The van der Waals surface area contributed by atoms with Crippen LogP contribution in [-0.4, -0.2) is 11.6 Å². The Labute approximate surface area is 96.4 Å². The molecule has 1 aromatic carbocycles. The van der Waals surface area contributed by atoms with Gasteiger partial charge in [0.2, 0.25) is 0 Å². The van der Waals surface area contributed by atoms with Gasteiger partial charge in [-0.15, -0.1) is 0 Å². The molecule has 0 aliphatic heterocycles. The second-order valence-corrected chi connectivity index (χ2v) is 3.98. The monoisotopic (exact) mass is 223 g/mol. The number of rotatable bonds is 6. The molecule has 0 aliphatic rings. The SMILES string of the molecule is CCCOc1ccc(CCC(N)=S)cc1. The molecule has 3 heteroatoms. The topological polar surface area (TPSA) is 35.2 Å². The molecular weight excluding hydrogens is 206 g/mol. The van der Waals surface area contributed by atoms with Crippen molar-refractivity contribution in [1.82, 2.24) is 0 Å². The summed E-state index contributed by atoms with van der Waals surface area (Å²) in [6.07, 6.45) is 2.71. The normalized spacial score (nSPS) is 9.93. The third-order valence-corrected chi connectivity index (χ3v) is 2.26. The Balaban J connectivity index is 2.45. The molecule has 82 valence electrons. The van der Waals surface area contributed by atoms with Crippen molar-refractivity contribution in [3.63, 3.8) is 0 Å². The number of ether oxygens (including phenoxy) is 1. The van der Waals surface area contributed by atoms with Gasteiger partial charge in [-0.1, -0.05) is 31.3 Å². The molecule has 1 aromatic rings. The first-order valence-electron chi connectivity index (χ1n) is 5.22. The molecule has 0 aromatic heterocycles. The predicted molar refractivity (Wildman–Crippen MR) is 67.3 cm³/mol. The minimum atomic E-state index is 0.571. The van der Waals surface area contributed by atoms with Gasteiger partial charge in [0, 0.05) is 6.42 Å². The van der Waals surface area contributed by atoms with Gasteiger partial charge in [-0.3, -0.25) is 0 Å². The molecule has 15 heavy (non-hydrogen) atoms. The van der Waals surface area contributed by atoms with Crippen molar-refractivity contribution in [3.8, 4) is 5.75 Å². The van der Waals surface area contributed by atoms with Crippen LogP contribution in [-0.2, 0) is 6.42 Å². The summed E-state index contributed by atoms with van der Waals surface area (Å²) in [5.41, 5.74) is 6.68. The summed E-state index contributed by atoms with van der Waals surface area (Å²) in [5.74, 6) is 0.927. The highest BCUT2D eigenvalue weighted by atomic mass is 32.1. The lowest BCUT2D eigenvalue weighted by atomic mass is 10.1. The zero-order valence-corrected chi connectivity index (χ0v) is 9.85. The molecule has 0 heterocycles. The van der Waals surface area contributed by atoms with Gasteiger partial charge in [0.15, 0.2) is 0 Å². The summed E-state index contributed by atoms with van der Waals surface area (Å²) in [4.78, 5) is 0.571. The van der Waals surface area contributed by atoms with Crippen LogP contribution in [0.5, 0.6) is 5.75 Å². The first kappa shape index (κ1) is 12.0. The summed E-state index contributed by atoms with van der Waals surface area (Å²) >= 11 is 4.83.